The maximum atomic E-state index is 9.97. The van der Waals surface area contributed by atoms with E-state index >= 15 is 0 Å². The molecule has 6 nitrogen and oxygen atoms in total. The molecule has 0 saturated heterocycles. The van der Waals surface area contributed by atoms with Crippen LogP contribution in [0.2, 0.25) is 0 Å². The molecule has 2 N–H and O–H groups in total. The minimum Gasteiger partial charge on any atom is -0.481 e. The minimum atomic E-state index is -0.827. The predicted molar refractivity (Wildman–Crippen MR) is 75.2 cm³/mol. The molecule has 106 valence electrons. The number of carboxylic acid groups (broad SMARTS) is 2. The van der Waals surface area contributed by atoms with Crippen LogP contribution in [0.5, 0.6) is 0 Å². The summed E-state index contributed by atoms with van der Waals surface area (Å²) in [4.78, 5) is 29.3. The van der Waals surface area contributed by atoms with Gasteiger partial charge in [-0.15, -0.1) is 23.5 Å². The molecule has 0 aliphatic rings. The number of hydrogen-bond donors (Lipinski definition) is 2. The Bertz CT molecular complexity index is 236. The summed E-state index contributed by atoms with van der Waals surface area (Å²) in [5, 5.41) is 16.8. The lowest BCUT2D eigenvalue weighted by Gasteiger charge is -1.96. The van der Waals surface area contributed by atoms with E-state index in [1.807, 2.05) is 6.92 Å². The standard InChI is InChI=1S/C5H8O4S2.C4H8O2S/c6-2-9-3-11-4-10-1-5(7)8;1-2-7-3-4(5)6/h2H,1,3-4H2,(H,7,8);2-3H2,1H3,(H,5,6). The zero-order chi connectivity index (χ0) is 14.2. The lowest BCUT2D eigenvalue weighted by atomic mass is 10.8. The summed E-state index contributed by atoms with van der Waals surface area (Å²) in [6.45, 7) is 2.31. The number of aliphatic carboxylic acids is 2. The molecule has 0 heterocycles. The Labute approximate surface area is 118 Å². The van der Waals surface area contributed by atoms with E-state index in [1.54, 1.807) is 0 Å². The first-order valence-corrected chi connectivity index (χ1v) is 8.23. The Morgan fingerprint density at radius 3 is 2.06 bits per heavy atom. The van der Waals surface area contributed by atoms with Crippen LogP contribution >= 0.6 is 35.3 Å². The topological polar surface area (TPSA) is 101 Å². The molecule has 0 saturated carbocycles. The smallest absolute Gasteiger partial charge is 0.313 e. The zero-order valence-corrected chi connectivity index (χ0v) is 12.3. The number of thioether (sulfide) groups is 3. The lowest BCUT2D eigenvalue weighted by Crippen LogP contribution is -1.98. The summed E-state index contributed by atoms with van der Waals surface area (Å²) < 4.78 is 4.36. The van der Waals surface area contributed by atoms with Gasteiger partial charge in [-0.3, -0.25) is 14.4 Å². The number of carbonyl (C=O) groups excluding carboxylic acids is 1. The van der Waals surface area contributed by atoms with Crippen LogP contribution in [0.1, 0.15) is 6.92 Å². The maximum absolute atomic E-state index is 9.97. The summed E-state index contributed by atoms with van der Waals surface area (Å²) in [7, 11) is 0. The van der Waals surface area contributed by atoms with Crippen molar-refractivity contribution in [3.8, 4) is 0 Å². The molecule has 0 aliphatic heterocycles. The van der Waals surface area contributed by atoms with Gasteiger partial charge < -0.3 is 14.9 Å². The molecule has 0 amide bonds. The van der Waals surface area contributed by atoms with E-state index in [2.05, 4.69) is 4.74 Å². The molecule has 18 heavy (non-hydrogen) atoms. The van der Waals surface area contributed by atoms with E-state index < -0.39 is 11.9 Å². The van der Waals surface area contributed by atoms with Crippen molar-refractivity contribution in [2.24, 2.45) is 0 Å². The Balaban J connectivity index is 0. The highest BCUT2D eigenvalue weighted by atomic mass is 32.2. The molecule has 0 radical (unpaired) electrons. The van der Waals surface area contributed by atoms with Gasteiger partial charge in [0.05, 0.1) is 11.5 Å². The van der Waals surface area contributed by atoms with Gasteiger partial charge in [0.1, 0.15) is 5.94 Å². The van der Waals surface area contributed by atoms with E-state index in [0.29, 0.717) is 11.6 Å². The van der Waals surface area contributed by atoms with Gasteiger partial charge in [-0.2, -0.15) is 11.8 Å². The van der Waals surface area contributed by atoms with Crippen LogP contribution in [0, 0.1) is 0 Å². The van der Waals surface area contributed by atoms with Crippen LogP contribution in [0.4, 0.5) is 0 Å². The average Bonchev–Trinajstić information content (AvgIpc) is 2.31. The fraction of sp³-hybridized carbons (Fsp3) is 0.667. The monoisotopic (exact) mass is 316 g/mol. The van der Waals surface area contributed by atoms with Gasteiger partial charge in [0.25, 0.3) is 6.47 Å². The first-order chi connectivity index (χ1) is 8.54. The third-order valence-corrected chi connectivity index (χ3v) is 3.99. The Morgan fingerprint density at radius 2 is 1.67 bits per heavy atom. The molecule has 0 bridgehead atoms. The van der Waals surface area contributed by atoms with Crippen molar-refractivity contribution in [1.29, 1.82) is 0 Å². The van der Waals surface area contributed by atoms with Gasteiger partial charge in [0.2, 0.25) is 0 Å². The van der Waals surface area contributed by atoms with E-state index in [4.69, 9.17) is 10.2 Å². The van der Waals surface area contributed by atoms with Gasteiger partial charge >= 0.3 is 11.9 Å². The van der Waals surface area contributed by atoms with E-state index in [1.165, 1.54) is 35.3 Å². The molecular weight excluding hydrogens is 300 g/mol. The van der Waals surface area contributed by atoms with Crippen LogP contribution in [-0.4, -0.2) is 56.9 Å². The van der Waals surface area contributed by atoms with Gasteiger partial charge in [-0.25, -0.2) is 0 Å². The largest absolute Gasteiger partial charge is 0.481 e. The number of hydrogen-bond acceptors (Lipinski definition) is 7. The second kappa shape index (κ2) is 16.5. The van der Waals surface area contributed by atoms with Crippen molar-refractivity contribution in [3.05, 3.63) is 0 Å². The molecule has 9 heteroatoms. The zero-order valence-electron chi connectivity index (χ0n) is 9.87. The van der Waals surface area contributed by atoms with E-state index in [9.17, 15) is 14.4 Å². The van der Waals surface area contributed by atoms with Gasteiger partial charge in [-0.1, -0.05) is 6.92 Å². The highest BCUT2D eigenvalue weighted by Crippen LogP contribution is 2.10. The van der Waals surface area contributed by atoms with Crippen molar-refractivity contribution in [2.75, 3.05) is 28.3 Å². The van der Waals surface area contributed by atoms with E-state index in [0.717, 1.165) is 5.75 Å². The molecule has 0 aliphatic carbocycles. The summed E-state index contributed by atoms with van der Waals surface area (Å²) >= 11 is 4.06. The van der Waals surface area contributed by atoms with E-state index in [-0.39, 0.29) is 17.4 Å². The highest BCUT2D eigenvalue weighted by Gasteiger charge is 1.95. The Morgan fingerprint density at radius 1 is 1.11 bits per heavy atom. The quantitative estimate of drug-likeness (QED) is 0.352. The maximum Gasteiger partial charge on any atom is 0.313 e. The molecule has 0 unspecified atom stereocenters. The van der Waals surface area contributed by atoms with Gasteiger partial charge in [0, 0.05) is 5.08 Å². The first kappa shape index (κ1) is 19.8. The SMILES string of the molecule is CCSCC(=O)O.O=COCSCSCC(=O)O. The lowest BCUT2D eigenvalue weighted by molar-refractivity contribution is -0.134. The Hall–Kier alpha value is -0.540. The number of carbonyl (C=O) groups is 3. The predicted octanol–water partition coefficient (Wildman–Crippen LogP) is 1.45. The minimum absolute atomic E-state index is 0.0914. The average molecular weight is 316 g/mol. The van der Waals surface area contributed by atoms with Crippen LogP contribution in [0.15, 0.2) is 0 Å². The van der Waals surface area contributed by atoms with Crippen molar-refractivity contribution in [2.45, 2.75) is 6.92 Å². The van der Waals surface area contributed by atoms with Crippen molar-refractivity contribution in [1.82, 2.24) is 0 Å². The van der Waals surface area contributed by atoms with Crippen molar-refractivity contribution < 1.29 is 29.3 Å². The normalized spacial score (nSPS) is 8.94. The molecule has 0 atom stereocenters. The van der Waals surface area contributed by atoms with Crippen LogP contribution in [0.3, 0.4) is 0 Å². The fourth-order valence-corrected chi connectivity index (χ4v) is 2.27. The molecule has 0 aromatic carbocycles. The molecule has 0 rings (SSSR count). The summed E-state index contributed by atoms with van der Waals surface area (Å²) in [6, 6.07) is 0. The molecule has 0 spiro atoms. The second-order valence-corrected chi connectivity index (χ2v) is 6.03. The highest BCUT2D eigenvalue weighted by molar-refractivity contribution is 8.16. The summed E-state index contributed by atoms with van der Waals surface area (Å²) in [5.41, 5.74) is 0. The number of carboxylic acids is 2. The molecule has 0 aromatic rings. The first-order valence-electron chi connectivity index (χ1n) is 4.76. The fourth-order valence-electron chi connectivity index (χ4n) is 0.487. The molecular formula is C9H16O6S3. The van der Waals surface area contributed by atoms with Crippen molar-refractivity contribution >= 4 is 53.7 Å². The third kappa shape index (κ3) is 24.6. The molecule has 0 aromatic heterocycles. The van der Waals surface area contributed by atoms with Crippen LogP contribution in [0.25, 0.3) is 0 Å². The number of rotatable bonds is 10. The summed E-state index contributed by atoms with van der Waals surface area (Å²) in [5.74, 6) is -0.0636. The second-order valence-electron chi connectivity index (χ2n) is 2.48. The molecule has 0 fully saturated rings. The summed E-state index contributed by atoms with van der Waals surface area (Å²) in [6.07, 6.45) is 0. The number of ether oxygens (including phenoxy) is 1. The van der Waals surface area contributed by atoms with Gasteiger partial charge in [0.15, 0.2) is 0 Å². The third-order valence-electron chi connectivity index (χ3n) is 1.04. The van der Waals surface area contributed by atoms with Gasteiger partial charge in [-0.05, 0) is 5.75 Å². The van der Waals surface area contributed by atoms with Crippen molar-refractivity contribution in [3.63, 3.8) is 0 Å². The van der Waals surface area contributed by atoms with Crippen LogP contribution < -0.4 is 0 Å². The Kier molecular flexibility index (Phi) is 18.1. The van der Waals surface area contributed by atoms with Crippen LogP contribution in [-0.2, 0) is 19.1 Å².